The van der Waals surface area contributed by atoms with Crippen molar-refractivity contribution in [2.75, 3.05) is 11.1 Å². The van der Waals surface area contributed by atoms with Crippen LogP contribution >= 0.6 is 23.4 Å². The number of anilines is 1. The molecular weight excluding hydrogens is 410 g/mol. The molecule has 0 saturated carbocycles. The molecular formula is C20H20ClN5O2S. The number of hydrogen-bond donors (Lipinski definition) is 2. The zero-order valence-corrected chi connectivity index (χ0v) is 17.5. The lowest BCUT2D eigenvalue weighted by atomic mass is 10.1. The van der Waals surface area contributed by atoms with Crippen LogP contribution in [0.5, 0.6) is 0 Å². The minimum absolute atomic E-state index is 0.172. The average Bonchev–Trinajstić information content (AvgIpc) is 3.04. The normalized spacial score (nSPS) is 10.6. The summed E-state index contributed by atoms with van der Waals surface area (Å²) in [6, 6.07) is 14.3. The fraction of sp³-hybridized carbons (Fsp3) is 0.200. The van der Waals surface area contributed by atoms with Crippen molar-refractivity contribution in [3.63, 3.8) is 0 Å². The first kappa shape index (κ1) is 20.9. The molecule has 0 aliphatic rings. The Morgan fingerprint density at radius 1 is 1.14 bits per heavy atom. The predicted molar refractivity (Wildman–Crippen MR) is 114 cm³/mol. The zero-order chi connectivity index (χ0) is 20.8. The number of benzene rings is 2. The standard InChI is InChI=1S/C20H20ClN5O2S/c1-13-6-8-14(9-7-13)19(28)22-11-17-24-25-20(26(17)2)29-12-18(27)23-16-5-3-4-15(21)10-16/h3-10H,11-12H2,1-2H3,(H,22,28)(H,23,27). The molecule has 0 aliphatic carbocycles. The molecule has 1 heterocycles. The fourth-order valence-electron chi connectivity index (χ4n) is 2.48. The van der Waals surface area contributed by atoms with Crippen molar-refractivity contribution in [2.45, 2.75) is 18.6 Å². The maximum absolute atomic E-state index is 12.2. The largest absolute Gasteiger partial charge is 0.345 e. The Balaban J connectivity index is 1.51. The van der Waals surface area contributed by atoms with E-state index in [2.05, 4.69) is 20.8 Å². The quantitative estimate of drug-likeness (QED) is 0.561. The smallest absolute Gasteiger partial charge is 0.251 e. The van der Waals surface area contributed by atoms with E-state index in [0.29, 0.717) is 27.3 Å². The van der Waals surface area contributed by atoms with E-state index in [-0.39, 0.29) is 24.1 Å². The van der Waals surface area contributed by atoms with Gasteiger partial charge in [0.25, 0.3) is 5.91 Å². The third-order valence-electron chi connectivity index (χ3n) is 4.09. The van der Waals surface area contributed by atoms with E-state index in [9.17, 15) is 9.59 Å². The minimum atomic E-state index is -0.178. The topological polar surface area (TPSA) is 88.9 Å². The number of thioether (sulfide) groups is 1. The Morgan fingerprint density at radius 2 is 1.90 bits per heavy atom. The lowest BCUT2D eigenvalue weighted by Crippen LogP contribution is -2.24. The molecule has 2 N–H and O–H groups in total. The molecule has 3 rings (SSSR count). The Bertz CT molecular complexity index is 1020. The van der Waals surface area contributed by atoms with Crippen LogP contribution in [0.2, 0.25) is 5.02 Å². The van der Waals surface area contributed by atoms with Crippen molar-refractivity contribution in [3.05, 3.63) is 70.5 Å². The van der Waals surface area contributed by atoms with Crippen molar-refractivity contribution in [1.82, 2.24) is 20.1 Å². The summed E-state index contributed by atoms with van der Waals surface area (Å²) in [6.07, 6.45) is 0. The number of carbonyl (C=O) groups excluding carboxylic acids is 2. The number of nitrogens with one attached hydrogen (secondary N) is 2. The molecule has 0 atom stereocenters. The molecule has 0 radical (unpaired) electrons. The molecule has 2 aromatic carbocycles. The van der Waals surface area contributed by atoms with Gasteiger partial charge >= 0.3 is 0 Å². The number of nitrogens with zero attached hydrogens (tertiary/aromatic N) is 3. The first-order chi connectivity index (χ1) is 13.9. The van der Waals surface area contributed by atoms with Crippen LogP contribution in [0.1, 0.15) is 21.7 Å². The second-order valence-corrected chi connectivity index (χ2v) is 7.73. The Hall–Kier alpha value is -2.84. The zero-order valence-electron chi connectivity index (χ0n) is 16.0. The number of aryl methyl sites for hydroxylation is 1. The summed E-state index contributed by atoms with van der Waals surface area (Å²) < 4.78 is 1.76. The number of carbonyl (C=O) groups is 2. The summed E-state index contributed by atoms with van der Waals surface area (Å²) >= 11 is 7.18. The highest BCUT2D eigenvalue weighted by Crippen LogP contribution is 2.18. The molecule has 0 saturated heterocycles. The summed E-state index contributed by atoms with van der Waals surface area (Å²) in [5.41, 5.74) is 2.32. The second-order valence-electron chi connectivity index (χ2n) is 6.35. The molecule has 0 fully saturated rings. The Kier molecular flexibility index (Phi) is 6.90. The number of aromatic nitrogens is 3. The monoisotopic (exact) mass is 429 g/mol. The van der Waals surface area contributed by atoms with Crippen LogP contribution < -0.4 is 10.6 Å². The Labute approximate surface area is 177 Å². The third kappa shape index (κ3) is 5.82. The van der Waals surface area contributed by atoms with E-state index in [1.807, 2.05) is 19.1 Å². The Morgan fingerprint density at radius 3 is 2.62 bits per heavy atom. The van der Waals surface area contributed by atoms with Crippen LogP contribution in [0.3, 0.4) is 0 Å². The van der Waals surface area contributed by atoms with E-state index in [1.54, 1.807) is 48.0 Å². The van der Waals surface area contributed by atoms with Crippen molar-refractivity contribution in [3.8, 4) is 0 Å². The molecule has 7 nitrogen and oxygen atoms in total. The lowest BCUT2D eigenvalue weighted by Gasteiger charge is -2.07. The highest BCUT2D eigenvalue weighted by molar-refractivity contribution is 7.99. The van der Waals surface area contributed by atoms with Gasteiger partial charge in [-0.05, 0) is 37.3 Å². The van der Waals surface area contributed by atoms with Gasteiger partial charge in [0.1, 0.15) is 0 Å². The number of hydrogen-bond acceptors (Lipinski definition) is 5. The third-order valence-corrected chi connectivity index (χ3v) is 5.34. The predicted octanol–water partition coefficient (Wildman–Crippen LogP) is 3.44. The van der Waals surface area contributed by atoms with Gasteiger partial charge in [-0.1, -0.05) is 47.1 Å². The number of rotatable bonds is 7. The summed E-state index contributed by atoms with van der Waals surface area (Å²) in [5.74, 6) is 0.426. The molecule has 2 amide bonds. The molecule has 150 valence electrons. The van der Waals surface area contributed by atoms with Gasteiger partial charge in [0.15, 0.2) is 11.0 Å². The molecule has 9 heteroatoms. The molecule has 3 aromatic rings. The van der Waals surface area contributed by atoms with Gasteiger partial charge in [0, 0.05) is 23.3 Å². The van der Waals surface area contributed by atoms with E-state index in [0.717, 1.165) is 5.56 Å². The molecule has 29 heavy (non-hydrogen) atoms. The highest BCUT2D eigenvalue weighted by Gasteiger charge is 2.13. The van der Waals surface area contributed by atoms with E-state index in [1.165, 1.54) is 11.8 Å². The van der Waals surface area contributed by atoms with Crippen molar-refractivity contribution < 1.29 is 9.59 Å². The van der Waals surface area contributed by atoms with Crippen molar-refractivity contribution in [2.24, 2.45) is 7.05 Å². The molecule has 0 bridgehead atoms. The van der Waals surface area contributed by atoms with Crippen LogP contribution in [-0.2, 0) is 18.4 Å². The van der Waals surface area contributed by atoms with Gasteiger partial charge in [-0.3, -0.25) is 9.59 Å². The van der Waals surface area contributed by atoms with Gasteiger partial charge in [0.05, 0.1) is 12.3 Å². The van der Waals surface area contributed by atoms with Gasteiger partial charge in [-0.15, -0.1) is 10.2 Å². The SMILES string of the molecule is Cc1ccc(C(=O)NCc2nnc(SCC(=O)Nc3cccc(Cl)c3)n2C)cc1. The fourth-order valence-corrected chi connectivity index (χ4v) is 3.40. The minimum Gasteiger partial charge on any atom is -0.345 e. The maximum atomic E-state index is 12.2. The van der Waals surface area contributed by atoms with Gasteiger partial charge in [0.2, 0.25) is 5.91 Å². The lowest BCUT2D eigenvalue weighted by molar-refractivity contribution is -0.113. The maximum Gasteiger partial charge on any atom is 0.251 e. The summed E-state index contributed by atoms with van der Waals surface area (Å²) in [4.78, 5) is 24.3. The average molecular weight is 430 g/mol. The second kappa shape index (κ2) is 9.58. The van der Waals surface area contributed by atoms with Crippen LogP contribution in [-0.4, -0.2) is 32.3 Å². The molecule has 0 unspecified atom stereocenters. The van der Waals surface area contributed by atoms with Gasteiger partial charge in [-0.2, -0.15) is 0 Å². The van der Waals surface area contributed by atoms with E-state index < -0.39 is 0 Å². The molecule has 0 spiro atoms. The summed E-state index contributed by atoms with van der Waals surface area (Å²) in [5, 5.41) is 14.9. The van der Waals surface area contributed by atoms with Gasteiger partial charge in [-0.25, -0.2) is 0 Å². The molecule has 1 aromatic heterocycles. The van der Waals surface area contributed by atoms with Crippen LogP contribution in [0.25, 0.3) is 0 Å². The van der Waals surface area contributed by atoms with Crippen molar-refractivity contribution in [1.29, 1.82) is 0 Å². The van der Waals surface area contributed by atoms with E-state index in [4.69, 9.17) is 11.6 Å². The van der Waals surface area contributed by atoms with Crippen LogP contribution in [0.4, 0.5) is 5.69 Å². The first-order valence-electron chi connectivity index (χ1n) is 8.84. The van der Waals surface area contributed by atoms with Crippen molar-refractivity contribution >= 4 is 40.9 Å². The number of amides is 2. The van der Waals surface area contributed by atoms with Crippen LogP contribution in [0.15, 0.2) is 53.7 Å². The number of halogens is 1. The summed E-state index contributed by atoms with van der Waals surface area (Å²) in [6.45, 7) is 2.21. The summed E-state index contributed by atoms with van der Waals surface area (Å²) in [7, 11) is 1.80. The highest BCUT2D eigenvalue weighted by atomic mass is 35.5. The first-order valence-corrected chi connectivity index (χ1v) is 10.2. The van der Waals surface area contributed by atoms with Gasteiger partial charge < -0.3 is 15.2 Å². The van der Waals surface area contributed by atoms with E-state index >= 15 is 0 Å². The molecule has 0 aliphatic heterocycles. The van der Waals surface area contributed by atoms with Crippen LogP contribution in [0, 0.1) is 6.92 Å².